The van der Waals surface area contributed by atoms with Gasteiger partial charge in [0.15, 0.2) is 0 Å². The van der Waals surface area contributed by atoms with Crippen LogP contribution >= 0.6 is 0 Å². The first kappa shape index (κ1) is 20.6. The van der Waals surface area contributed by atoms with Crippen molar-refractivity contribution in [1.82, 2.24) is 9.88 Å². The Bertz CT molecular complexity index is 962. The van der Waals surface area contributed by atoms with Gasteiger partial charge in [0.1, 0.15) is 11.7 Å². The van der Waals surface area contributed by atoms with Gasteiger partial charge in [-0.1, -0.05) is 13.8 Å². The molecule has 0 saturated heterocycles. The molecule has 2 aromatic rings. The Balaban J connectivity index is 1.77. The number of rotatable bonds is 3. The average molecular weight is 413 g/mol. The Kier molecular flexibility index (Phi) is 5.43. The number of carbonyl (C=O) groups is 2. The van der Waals surface area contributed by atoms with Crippen LogP contribution in [0.25, 0.3) is 0 Å². The number of ether oxygens (including phenoxy) is 1. The number of hydrogen-bond acceptors (Lipinski definition) is 3. The molecule has 1 unspecified atom stereocenters. The molecule has 0 bridgehead atoms. The lowest BCUT2D eigenvalue weighted by Crippen LogP contribution is -2.41. The van der Waals surface area contributed by atoms with Crippen molar-refractivity contribution >= 4 is 11.9 Å². The summed E-state index contributed by atoms with van der Waals surface area (Å²) in [4.78, 5) is 31.5. The zero-order chi connectivity index (χ0) is 21.5. The minimum absolute atomic E-state index is 0.198. The molecule has 1 amide bonds. The summed E-state index contributed by atoms with van der Waals surface area (Å²) in [5, 5.41) is 0. The summed E-state index contributed by atoms with van der Waals surface area (Å²) in [6, 6.07) is 5.57. The van der Waals surface area contributed by atoms with Crippen molar-refractivity contribution in [1.29, 1.82) is 0 Å². The molecule has 0 spiro atoms. The van der Waals surface area contributed by atoms with Gasteiger partial charge in [0, 0.05) is 35.5 Å². The fraction of sp³-hybridized carbons (Fsp3) is 0.500. The number of amides is 1. The van der Waals surface area contributed by atoms with E-state index < -0.39 is 5.92 Å². The lowest BCUT2D eigenvalue weighted by molar-refractivity contribution is -0.145. The van der Waals surface area contributed by atoms with Gasteiger partial charge >= 0.3 is 5.97 Å². The summed E-state index contributed by atoms with van der Waals surface area (Å²) >= 11 is 0. The molecule has 1 aliphatic heterocycles. The molecule has 0 radical (unpaired) electrons. The maximum Gasteiger partial charge on any atom is 0.316 e. The maximum atomic E-state index is 13.3. The molecule has 1 aromatic carbocycles. The second kappa shape index (κ2) is 7.89. The van der Waals surface area contributed by atoms with E-state index in [2.05, 4.69) is 18.8 Å². The smallest absolute Gasteiger partial charge is 0.316 e. The second-order valence-corrected chi connectivity index (χ2v) is 8.96. The summed E-state index contributed by atoms with van der Waals surface area (Å²) in [5.74, 6) is -1.45. The lowest BCUT2D eigenvalue weighted by Gasteiger charge is -2.32. The molecule has 1 N–H and O–H groups in total. The fourth-order valence-electron chi connectivity index (χ4n) is 5.04. The summed E-state index contributed by atoms with van der Waals surface area (Å²) in [6.45, 7) is 7.07. The van der Waals surface area contributed by atoms with Gasteiger partial charge in [-0.25, -0.2) is 4.39 Å². The molecule has 2 aliphatic rings. The summed E-state index contributed by atoms with van der Waals surface area (Å²) in [7, 11) is 0. The van der Waals surface area contributed by atoms with Crippen molar-refractivity contribution in [3.05, 3.63) is 58.2 Å². The SMILES string of the molecule is CCOC(=O)C1CN(C(=O)c2ccc(F)cc2)CC(C)(C)c2c1[nH]c1c2CCCC1. The minimum atomic E-state index is -0.559. The highest BCUT2D eigenvalue weighted by Gasteiger charge is 2.42. The number of halogens is 1. The van der Waals surface area contributed by atoms with E-state index >= 15 is 0 Å². The molecule has 160 valence electrons. The molecular formula is C24H29FN2O3. The topological polar surface area (TPSA) is 62.4 Å². The zero-order valence-corrected chi connectivity index (χ0v) is 17.9. The highest BCUT2D eigenvalue weighted by molar-refractivity contribution is 5.95. The highest BCUT2D eigenvalue weighted by atomic mass is 19.1. The molecule has 0 fully saturated rings. The molecule has 1 aliphatic carbocycles. The summed E-state index contributed by atoms with van der Waals surface area (Å²) in [5.41, 5.74) is 4.71. The number of hydrogen-bond donors (Lipinski definition) is 1. The Hall–Kier alpha value is -2.63. The van der Waals surface area contributed by atoms with E-state index in [0.29, 0.717) is 18.7 Å². The van der Waals surface area contributed by atoms with Crippen molar-refractivity contribution in [3.8, 4) is 0 Å². The number of nitrogens with zero attached hydrogens (tertiary/aromatic N) is 1. The first-order chi connectivity index (χ1) is 14.3. The van der Waals surface area contributed by atoms with Crippen LogP contribution in [0.15, 0.2) is 24.3 Å². The van der Waals surface area contributed by atoms with Gasteiger partial charge in [-0.05, 0) is 68.0 Å². The third-order valence-electron chi connectivity index (χ3n) is 6.29. The number of esters is 1. The van der Waals surface area contributed by atoms with Crippen molar-refractivity contribution in [2.24, 2.45) is 0 Å². The van der Waals surface area contributed by atoms with Crippen LogP contribution in [0, 0.1) is 5.82 Å². The van der Waals surface area contributed by atoms with Crippen LogP contribution in [-0.2, 0) is 27.8 Å². The van der Waals surface area contributed by atoms with Crippen LogP contribution in [0.5, 0.6) is 0 Å². The van der Waals surface area contributed by atoms with Crippen LogP contribution < -0.4 is 0 Å². The van der Waals surface area contributed by atoms with E-state index in [9.17, 15) is 14.0 Å². The van der Waals surface area contributed by atoms with Crippen LogP contribution in [-0.4, -0.2) is 41.5 Å². The quantitative estimate of drug-likeness (QED) is 0.772. The van der Waals surface area contributed by atoms with Crippen molar-refractivity contribution < 1.29 is 18.7 Å². The Labute approximate surface area is 176 Å². The van der Waals surface area contributed by atoms with E-state index in [4.69, 9.17) is 4.74 Å². The maximum absolute atomic E-state index is 13.3. The van der Waals surface area contributed by atoms with E-state index in [-0.39, 0.29) is 29.7 Å². The number of aromatic amines is 1. The molecular weight excluding hydrogens is 383 g/mol. The van der Waals surface area contributed by atoms with E-state index in [1.165, 1.54) is 41.1 Å². The van der Waals surface area contributed by atoms with Crippen molar-refractivity contribution in [3.63, 3.8) is 0 Å². The predicted molar refractivity (Wildman–Crippen MR) is 112 cm³/mol. The number of H-pyrrole nitrogens is 1. The van der Waals surface area contributed by atoms with Crippen molar-refractivity contribution in [2.75, 3.05) is 19.7 Å². The Morgan fingerprint density at radius 2 is 1.90 bits per heavy atom. The number of aromatic nitrogens is 1. The average Bonchev–Trinajstić information content (AvgIpc) is 3.06. The normalized spacial score (nSPS) is 20.1. The van der Waals surface area contributed by atoms with Gasteiger partial charge < -0.3 is 14.6 Å². The Morgan fingerprint density at radius 1 is 1.20 bits per heavy atom. The molecule has 4 rings (SSSR count). The third kappa shape index (κ3) is 3.64. The van der Waals surface area contributed by atoms with E-state index in [1.807, 2.05) is 0 Å². The number of benzene rings is 1. The second-order valence-electron chi connectivity index (χ2n) is 8.96. The fourth-order valence-corrected chi connectivity index (χ4v) is 5.04. The zero-order valence-electron chi connectivity index (χ0n) is 17.9. The lowest BCUT2D eigenvalue weighted by atomic mass is 9.78. The first-order valence-corrected chi connectivity index (χ1v) is 10.8. The van der Waals surface area contributed by atoms with Gasteiger partial charge in [-0.2, -0.15) is 0 Å². The predicted octanol–water partition coefficient (Wildman–Crippen LogP) is 4.11. The number of carbonyl (C=O) groups excluding carboxylic acids is 2. The van der Waals surface area contributed by atoms with Gasteiger partial charge in [0.2, 0.25) is 0 Å². The third-order valence-corrected chi connectivity index (χ3v) is 6.29. The molecule has 5 nitrogen and oxygen atoms in total. The van der Waals surface area contributed by atoms with Gasteiger partial charge in [0.05, 0.1) is 6.61 Å². The molecule has 30 heavy (non-hydrogen) atoms. The molecule has 1 atom stereocenters. The van der Waals surface area contributed by atoms with Gasteiger partial charge in [-0.15, -0.1) is 0 Å². The largest absolute Gasteiger partial charge is 0.465 e. The monoisotopic (exact) mass is 412 g/mol. The molecule has 0 saturated carbocycles. The molecule has 6 heteroatoms. The Morgan fingerprint density at radius 3 is 2.60 bits per heavy atom. The van der Waals surface area contributed by atoms with E-state index in [1.54, 1.807) is 11.8 Å². The minimum Gasteiger partial charge on any atom is -0.465 e. The van der Waals surface area contributed by atoms with E-state index in [0.717, 1.165) is 31.4 Å². The highest BCUT2D eigenvalue weighted by Crippen LogP contribution is 2.42. The van der Waals surface area contributed by atoms with Gasteiger partial charge in [-0.3, -0.25) is 9.59 Å². The number of nitrogens with one attached hydrogen (secondary N) is 1. The summed E-state index contributed by atoms with van der Waals surface area (Å²) in [6.07, 6.45) is 4.26. The standard InChI is InChI=1S/C24H29FN2O3/c1-4-30-23(29)18-13-27(22(28)15-9-11-16(25)12-10-15)14-24(2,3)20-17-7-5-6-8-19(17)26-21(18)20/h9-12,18,26H,4-8,13-14H2,1-3H3. The van der Waals surface area contributed by atoms with Crippen LogP contribution in [0.1, 0.15) is 72.4 Å². The number of aryl methyl sites for hydroxylation is 1. The van der Waals surface area contributed by atoms with Crippen molar-refractivity contribution in [2.45, 2.75) is 57.8 Å². The molecule has 1 aromatic heterocycles. The van der Waals surface area contributed by atoms with Crippen LogP contribution in [0.2, 0.25) is 0 Å². The van der Waals surface area contributed by atoms with Crippen LogP contribution in [0.4, 0.5) is 4.39 Å². The van der Waals surface area contributed by atoms with Crippen LogP contribution in [0.3, 0.4) is 0 Å². The van der Waals surface area contributed by atoms with Gasteiger partial charge in [0.25, 0.3) is 5.91 Å². The summed E-state index contributed by atoms with van der Waals surface area (Å²) < 4.78 is 18.7. The first-order valence-electron chi connectivity index (χ1n) is 10.8. The molecule has 2 heterocycles. The number of fused-ring (bicyclic) bond motifs is 3.